The Labute approximate surface area is 85.6 Å². The summed E-state index contributed by atoms with van der Waals surface area (Å²) in [5.41, 5.74) is 10.1. The minimum atomic E-state index is -0.910. The molecule has 3 unspecified atom stereocenters. The number of carbonyl (C=O) groups is 1. The van der Waals surface area contributed by atoms with Crippen LogP contribution >= 0.6 is 0 Å². The maximum Gasteiger partial charge on any atom is 0.238 e. The molecule has 1 aliphatic carbocycles. The van der Waals surface area contributed by atoms with E-state index < -0.39 is 11.4 Å². The average Bonchev–Trinajstić information content (AvgIpc) is 2.64. The maximum atomic E-state index is 11.0. The number of nitrogens with two attached hydrogens (primary N) is 2. The van der Waals surface area contributed by atoms with Gasteiger partial charge in [0, 0.05) is 13.1 Å². The molecule has 1 rings (SSSR count). The first-order chi connectivity index (χ1) is 6.33. The van der Waals surface area contributed by atoms with Gasteiger partial charge in [-0.3, -0.25) is 4.79 Å². The van der Waals surface area contributed by atoms with Crippen molar-refractivity contribution in [2.45, 2.75) is 25.8 Å². The molecule has 14 heavy (non-hydrogen) atoms. The van der Waals surface area contributed by atoms with E-state index in [2.05, 4.69) is 11.8 Å². The molecule has 4 heteroatoms. The van der Waals surface area contributed by atoms with Crippen LogP contribution in [0.3, 0.4) is 0 Å². The third-order valence-corrected chi connectivity index (χ3v) is 2.98. The van der Waals surface area contributed by atoms with Crippen LogP contribution in [0.5, 0.6) is 0 Å². The zero-order chi connectivity index (χ0) is 10.9. The summed E-state index contributed by atoms with van der Waals surface area (Å²) >= 11 is 0. The molecule has 4 N–H and O–H groups in total. The molecule has 1 saturated carbocycles. The summed E-state index contributed by atoms with van der Waals surface area (Å²) in [6, 6.07) is 0. The van der Waals surface area contributed by atoms with E-state index in [1.807, 2.05) is 7.05 Å². The molecular formula is C10H21N3O. The van der Waals surface area contributed by atoms with E-state index in [1.54, 1.807) is 6.92 Å². The van der Waals surface area contributed by atoms with Crippen molar-refractivity contribution in [3.05, 3.63) is 0 Å². The van der Waals surface area contributed by atoms with Crippen molar-refractivity contribution in [2.24, 2.45) is 23.3 Å². The molecule has 0 aliphatic heterocycles. The van der Waals surface area contributed by atoms with Gasteiger partial charge < -0.3 is 16.4 Å². The number of hydrogen-bond acceptors (Lipinski definition) is 3. The average molecular weight is 199 g/mol. The van der Waals surface area contributed by atoms with Crippen LogP contribution in [0.1, 0.15) is 20.3 Å². The monoisotopic (exact) mass is 199 g/mol. The molecule has 1 aliphatic rings. The van der Waals surface area contributed by atoms with Crippen molar-refractivity contribution >= 4 is 5.91 Å². The second-order valence-electron chi connectivity index (χ2n) is 4.95. The predicted octanol–water partition coefficient (Wildman–Crippen LogP) is -0.223. The van der Waals surface area contributed by atoms with Gasteiger partial charge in [0.05, 0.1) is 0 Å². The third kappa shape index (κ3) is 2.96. The summed E-state index contributed by atoms with van der Waals surface area (Å²) in [6.45, 7) is 5.48. The molecule has 0 aromatic rings. The summed E-state index contributed by atoms with van der Waals surface area (Å²) in [6.07, 6.45) is 1.29. The molecule has 0 bridgehead atoms. The summed E-state index contributed by atoms with van der Waals surface area (Å²) in [4.78, 5) is 13.1. The van der Waals surface area contributed by atoms with Crippen molar-refractivity contribution in [1.82, 2.24) is 4.90 Å². The highest BCUT2D eigenvalue weighted by Gasteiger charge is 2.35. The predicted molar refractivity (Wildman–Crippen MR) is 56.6 cm³/mol. The van der Waals surface area contributed by atoms with Gasteiger partial charge in [-0.1, -0.05) is 6.92 Å². The number of likely N-dealkylation sites (N-methyl/N-ethyl adjacent to an activating group) is 1. The van der Waals surface area contributed by atoms with Crippen LogP contribution in [0.25, 0.3) is 0 Å². The quantitative estimate of drug-likeness (QED) is 0.643. The van der Waals surface area contributed by atoms with Gasteiger partial charge in [0.2, 0.25) is 5.91 Å². The van der Waals surface area contributed by atoms with Gasteiger partial charge >= 0.3 is 0 Å². The number of carbonyl (C=O) groups excluding carboxylic acids is 1. The van der Waals surface area contributed by atoms with Gasteiger partial charge in [0.1, 0.15) is 5.54 Å². The molecule has 0 saturated heterocycles. The van der Waals surface area contributed by atoms with Gasteiger partial charge in [-0.2, -0.15) is 0 Å². The molecule has 1 fully saturated rings. The van der Waals surface area contributed by atoms with E-state index in [9.17, 15) is 4.79 Å². The molecule has 0 heterocycles. The molecular weight excluding hydrogens is 178 g/mol. The van der Waals surface area contributed by atoms with E-state index >= 15 is 0 Å². The van der Waals surface area contributed by atoms with Crippen molar-refractivity contribution in [3.8, 4) is 0 Å². The molecule has 0 spiro atoms. The van der Waals surface area contributed by atoms with Crippen molar-refractivity contribution in [2.75, 3.05) is 20.1 Å². The molecule has 1 amide bonds. The standard InChI is InChI=1S/C10H21N3O/c1-7-4-8(7)5-13(3)6-10(2,12)9(11)14/h7-8H,4-6,12H2,1-3H3,(H2,11,14). The lowest BCUT2D eigenvalue weighted by molar-refractivity contribution is -0.123. The largest absolute Gasteiger partial charge is 0.368 e. The van der Waals surface area contributed by atoms with Gasteiger partial charge in [0.25, 0.3) is 0 Å². The van der Waals surface area contributed by atoms with Crippen LogP contribution < -0.4 is 11.5 Å². The first-order valence-electron chi connectivity index (χ1n) is 5.10. The highest BCUT2D eigenvalue weighted by Crippen LogP contribution is 2.37. The fourth-order valence-corrected chi connectivity index (χ4v) is 1.76. The first-order valence-corrected chi connectivity index (χ1v) is 5.10. The Hall–Kier alpha value is -0.610. The summed E-state index contributed by atoms with van der Waals surface area (Å²) < 4.78 is 0. The van der Waals surface area contributed by atoms with Crippen LogP contribution in [-0.2, 0) is 4.79 Å². The van der Waals surface area contributed by atoms with Crippen molar-refractivity contribution in [3.63, 3.8) is 0 Å². The Balaban J connectivity index is 2.32. The van der Waals surface area contributed by atoms with Crippen molar-refractivity contribution < 1.29 is 4.79 Å². The van der Waals surface area contributed by atoms with Gasteiger partial charge in [-0.05, 0) is 32.2 Å². The Morgan fingerprint density at radius 1 is 1.64 bits per heavy atom. The van der Waals surface area contributed by atoms with Gasteiger partial charge in [0.15, 0.2) is 0 Å². The minimum Gasteiger partial charge on any atom is -0.368 e. The third-order valence-electron chi connectivity index (χ3n) is 2.98. The van der Waals surface area contributed by atoms with Crippen molar-refractivity contribution in [1.29, 1.82) is 0 Å². The minimum absolute atomic E-state index is 0.437. The zero-order valence-electron chi connectivity index (χ0n) is 9.29. The number of rotatable bonds is 5. The Kier molecular flexibility index (Phi) is 3.17. The number of hydrogen-bond donors (Lipinski definition) is 2. The van der Waals surface area contributed by atoms with Gasteiger partial charge in [-0.15, -0.1) is 0 Å². The number of primary amides is 1. The van der Waals surface area contributed by atoms with E-state index in [0.29, 0.717) is 6.54 Å². The lowest BCUT2D eigenvalue weighted by Gasteiger charge is -2.27. The summed E-state index contributed by atoms with van der Waals surface area (Å²) in [7, 11) is 1.99. The Bertz CT molecular complexity index is 227. The molecule has 0 aromatic carbocycles. The smallest absolute Gasteiger partial charge is 0.238 e. The zero-order valence-corrected chi connectivity index (χ0v) is 9.29. The van der Waals surface area contributed by atoms with Crippen LogP contribution in [0.2, 0.25) is 0 Å². The lowest BCUT2D eigenvalue weighted by atomic mass is 10.0. The molecule has 0 aromatic heterocycles. The Morgan fingerprint density at radius 3 is 2.50 bits per heavy atom. The maximum absolute atomic E-state index is 11.0. The SMILES string of the molecule is CC1CC1CN(C)CC(C)(N)C(N)=O. The second-order valence-corrected chi connectivity index (χ2v) is 4.95. The van der Waals surface area contributed by atoms with Gasteiger partial charge in [-0.25, -0.2) is 0 Å². The fourth-order valence-electron chi connectivity index (χ4n) is 1.76. The Morgan fingerprint density at radius 2 is 2.14 bits per heavy atom. The van der Waals surface area contributed by atoms with Crippen LogP contribution in [0.4, 0.5) is 0 Å². The molecule has 3 atom stereocenters. The van der Waals surface area contributed by atoms with Crippen LogP contribution in [0.15, 0.2) is 0 Å². The fraction of sp³-hybridized carbons (Fsp3) is 0.900. The number of nitrogens with zero attached hydrogens (tertiary/aromatic N) is 1. The first kappa shape index (κ1) is 11.5. The molecule has 82 valence electrons. The van der Waals surface area contributed by atoms with E-state index in [4.69, 9.17) is 11.5 Å². The van der Waals surface area contributed by atoms with Crippen LogP contribution in [-0.4, -0.2) is 36.5 Å². The summed E-state index contributed by atoms with van der Waals surface area (Å²) in [5.74, 6) is 1.17. The van der Waals surface area contributed by atoms with E-state index in [-0.39, 0.29) is 0 Å². The normalized spacial score (nSPS) is 30.1. The second kappa shape index (κ2) is 3.87. The summed E-state index contributed by atoms with van der Waals surface area (Å²) in [5, 5.41) is 0. The van der Waals surface area contributed by atoms with Crippen LogP contribution in [0, 0.1) is 11.8 Å². The highest BCUT2D eigenvalue weighted by molar-refractivity contribution is 5.84. The topological polar surface area (TPSA) is 72.3 Å². The highest BCUT2D eigenvalue weighted by atomic mass is 16.1. The number of amides is 1. The van der Waals surface area contributed by atoms with E-state index in [0.717, 1.165) is 18.4 Å². The lowest BCUT2D eigenvalue weighted by Crippen LogP contribution is -2.56. The molecule has 0 radical (unpaired) electrons. The van der Waals surface area contributed by atoms with E-state index in [1.165, 1.54) is 6.42 Å². The molecule has 4 nitrogen and oxygen atoms in total.